The molecule has 0 bridgehead atoms. The number of H-pyrrole nitrogens is 1. The Morgan fingerprint density at radius 3 is 2.56 bits per heavy atom. The molecule has 0 aliphatic carbocycles. The maximum absolute atomic E-state index is 12.2. The van der Waals surface area contributed by atoms with Crippen LogP contribution >= 0.6 is 0 Å². The molecule has 3 N–H and O–H groups in total. The number of para-hydroxylation sites is 1. The lowest BCUT2D eigenvalue weighted by Gasteiger charge is -2.12. The number of aromatic amines is 1. The van der Waals surface area contributed by atoms with E-state index in [-0.39, 0.29) is 5.91 Å². The fourth-order valence-electron chi connectivity index (χ4n) is 3.99. The van der Waals surface area contributed by atoms with Crippen LogP contribution in [0.1, 0.15) is 36.0 Å². The van der Waals surface area contributed by atoms with E-state index in [4.69, 9.17) is 0 Å². The van der Waals surface area contributed by atoms with Crippen molar-refractivity contribution in [2.24, 2.45) is 0 Å². The number of aryl methyl sites for hydroxylation is 1. The van der Waals surface area contributed by atoms with Crippen molar-refractivity contribution in [3.63, 3.8) is 0 Å². The molecule has 140 valence electrons. The van der Waals surface area contributed by atoms with Crippen LogP contribution in [-0.2, 0) is 24.3 Å². The SMILES string of the molecule is O=C(CCc1c[nH]c2ccccc12)NCc1ccc(C[NH+]2CCCC2)cc1. The number of carbonyl (C=O) groups excluding carboxylic acids is 1. The number of quaternary nitrogens is 1. The number of aromatic nitrogens is 1. The van der Waals surface area contributed by atoms with Crippen LogP contribution < -0.4 is 10.2 Å². The van der Waals surface area contributed by atoms with Gasteiger partial charge in [0.1, 0.15) is 6.54 Å². The zero-order valence-corrected chi connectivity index (χ0v) is 15.8. The number of carbonyl (C=O) groups is 1. The molecule has 0 spiro atoms. The summed E-state index contributed by atoms with van der Waals surface area (Å²) in [7, 11) is 0. The number of amides is 1. The average Bonchev–Trinajstić information content (AvgIpc) is 3.35. The van der Waals surface area contributed by atoms with Gasteiger partial charge in [0.2, 0.25) is 5.91 Å². The first-order chi connectivity index (χ1) is 13.3. The minimum Gasteiger partial charge on any atom is -0.361 e. The van der Waals surface area contributed by atoms with Crippen LogP contribution in [0.5, 0.6) is 0 Å². The molecule has 4 nitrogen and oxygen atoms in total. The molecule has 3 aromatic rings. The van der Waals surface area contributed by atoms with E-state index in [1.807, 2.05) is 18.3 Å². The Morgan fingerprint density at radius 2 is 1.74 bits per heavy atom. The van der Waals surface area contributed by atoms with E-state index in [1.54, 1.807) is 4.90 Å². The molecule has 0 radical (unpaired) electrons. The maximum Gasteiger partial charge on any atom is 0.220 e. The highest BCUT2D eigenvalue weighted by atomic mass is 16.1. The summed E-state index contributed by atoms with van der Waals surface area (Å²) >= 11 is 0. The van der Waals surface area contributed by atoms with Gasteiger partial charge in [0, 0.05) is 48.5 Å². The highest BCUT2D eigenvalue weighted by Crippen LogP contribution is 2.18. The van der Waals surface area contributed by atoms with Crippen LogP contribution in [0.2, 0.25) is 0 Å². The number of rotatable bonds is 7. The molecule has 4 heteroatoms. The normalized spacial score (nSPS) is 14.7. The van der Waals surface area contributed by atoms with Crippen molar-refractivity contribution in [1.29, 1.82) is 0 Å². The predicted octanol–water partition coefficient (Wildman–Crippen LogP) is 2.60. The van der Waals surface area contributed by atoms with Gasteiger partial charge in [0.15, 0.2) is 0 Å². The van der Waals surface area contributed by atoms with Crippen LogP contribution in [0.3, 0.4) is 0 Å². The van der Waals surface area contributed by atoms with Crippen LogP contribution in [0.4, 0.5) is 0 Å². The number of hydrogen-bond acceptors (Lipinski definition) is 1. The molecule has 1 aliphatic rings. The number of nitrogens with one attached hydrogen (secondary N) is 3. The Morgan fingerprint density at radius 1 is 1.00 bits per heavy atom. The smallest absolute Gasteiger partial charge is 0.220 e. The van der Waals surface area contributed by atoms with Crippen molar-refractivity contribution >= 4 is 16.8 Å². The molecule has 1 fully saturated rings. The van der Waals surface area contributed by atoms with Gasteiger partial charge in [-0.2, -0.15) is 0 Å². The van der Waals surface area contributed by atoms with Gasteiger partial charge in [-0.3, -0.25) is 4.79 Å². The summed E-state index contributed by atoms with van der Waals surface area (Å²) in [6, 6.07) is 16.9. The van der Waals surface area contributed by atoms with Gasteiger partial charge in [0.25, 0.3) is 0 Å². The molecule has 1 amide bonds. The topological polar surface area (TPSA) is 49.3 Å². The number of fused-ring (bicyclic) bond motifs is 1. The first kappa shape index (κ1) is 17.8. The average molecular weight is 362 g/mol. The monoisotopic (exact) mass is 362 g/mol. The second-order valence-electron chi connectivity index (χ2n) is 7.59. The second kappa shape index (κ2) is 8.40. The minimum atomic E-state index is 0.103. The van der Waals surface area contributed by atoms with Gasteiger partial charge in [-0.25, -0.2) is 0 Å². The molecule has 27 heavy (non-hydrogen) atoms. The van der Waals surface area contributed by atoms with Crippen molar-refractivity contribution in [3.8, 4) is 0 Å². The molecular formula is C23H28N3O+. The van der Waals surface area contributed by atoms with Crippen LogP contribution in [0, 0.1) is 0 Å². The summed E-state index contributed by atoms with van der Waals surface area (Å²) in [6.07, 6.45) is 6.00. The first-order valence-electron chi connectivity index (χ1n) is 10.0. The Bertz CT molecular complexity index is 891. The zero-order chi connectivity index (χ0) is 18.5. The molecule has 1 aliphatic heterocycles. The first-order valence-corrected chi connectivity index (χ1v) is 10.0. The Labute approximate surface area is 160 Å². The number of benzene rings is 2. The van der Waals surface area contributed by atoms with E-state index in [0.29, 0.717) is 13.0 Å². The van der Waals surface area contributed by atoms with Gasteiger partial charge in [0.05, 0.1) is 13.1 Å². The highest BCUT2D eigenvalue weighted by Gasteiger charge is 2.15. The van der Waals surface area contributed by atoms with E-state index >= 15 is 0 Å². The third kappa shape index (κ3) is 4.58. The van der Waals surface area contributed by atoms with Crippen molar-refractivity contribution in [3.05, 3.63) is 71.4 Å². The minimum absolute atomic E-state index is 0.103. The standard InChI is InChI=1S/C23H27N3O/c27-23(12-11-20-16-24-22-6-2-1-5-21(20)22)25-15-18-7-9-19(10-8-18)17-26-13-3-4-14-26/h1-2,5-10,16,24H,3-4,11-15,17H2,(H,25,27)/p+1. The molecule has 2 aromatic carbocycles. The summed E-state index contributed by atoms with van der Waals surface area (Å²) < 4.78 is 0. The van der Waals surface area contributed by atoms with E-state index in [1.165, 1.54) is 42.4 Å². The molecule has 0 atom stereocenters. The van der Waals surface area contributed by atoms with Gasteiger partial charge in [-0.05, 0) is 23.6 Å². The fraction of sp³-hybridized carbons (Fsp3) is 0.348. The lowest BCUT2D eigenvalue weighted by atomic mass is 10.1. The Balaban J connectivity index is 1.24. The molecular weight excluding hydrogens is 334 g/mol. The molecule has 1 aromatic heterocycles. The van der Waals surface area contributed by atoms with E-state index in [9.17, 15) is 4.79 Å². The van der Waals surface area contributed by atoms with Crippen LogP contribution in [0.25, 0.3) is 10.9 Å². The molecule has 0 unspecified atom stereocenters. The van der Waals surface area contributed by atoms with E-state index < -0.39 is 0 Å². The van der Waals surface area contributed by atoms with E-state index in [2.05, 4.69) is 46.7 Å². The Kier molecular flexibility index (Phi) is 5.54. The third-order valence-corrected chi connectivity index (χ3v) is 5.57. The Hall–Kier alpha value is -2.59. The fourth-order valence-corrected chi connectivity index (χ4v) is 3.99. The highest BCUT2D eigenvalue weighted by molar-refractivity contribution is 5.84. The molecule has 2 heterocycles. The number of likely N-dealkylation sites (tertiary alicyclic amines) is 1. The van der Waals surface area contributed by atoms with Crippen LogP contribution in [-0.4, -0.2) is 24.0 Å². The summed E-state index contributed by atoms with van der Waals surface area (Å²) in [6.45, 7) is 4.32. The predicted molar refractivity (Wildman–Crippen MR) is 109 cm³/mol. The largest absolute Gasteiger partial charge is 0.361 e. The lowest BCUT2D eigenvalue weighted by molar-refractivity contribution is -0.901. The van der Waals surface area contributed by atoms with Gasteiger partial charge < -0.3 is 15.2 Å². The summed E-state index contributed by atoms with van der Waals surface area (Å²) in [4.78, 5) is 17.2. The molecule has 4 rings (SSSR count). The number of hydrogen-bond donors (Lipinski definition) is 3. The van der Waals surface area contributed by atoms with E-state index in [0.717, 1.165) is 24.0 Å². The maximum atomic E-state index is 12.2. The van der Waals surface area contributed by atoms with Gasteiger partial charge in [-0.15, -0.1) is 0 Å². The summed E-state index contributed by atoms with van der Waals surface area (Å²) in [5.41, 5.74) is 4.88. The quantitative estimate of drug-likeness (QED) is 0.594. The van der Waals surface area contributed by atoms with Gasteiger partial charge >= 0.3 is 0 Å². The van der Waals surface area contributed by atoms with Gasteiger partial charge in [-0.1, -0.05) is 42.5 Å². The molecule has 0 saturated carbocycles. The molecule has 1 saturated heterocycles. The van der Waals surface area contributed by atoms with Crippen molar-refractivity contribution in [2.75, 3.05) is 13.1 Å². The van der Waals surface area contributed by atoms with Crippen molar-refractivity contribution in [1.82, 2.24) is 10.3 Å². The summed E-state index contributed by atoms with van der Waals surface area (Å²) in [5, 5.41) is 4.26. The van der Waals surface area contributed by atoms with Crippen LogP contribution in [0.15, 0.2) is 54.7 Å². The summed E-state index contributed by atoms with van der Waals surface area (Å²) in [5.74, 6) is 0.103. The second-order valence-corrected chi connectivity index (χ2v) is 7.59. The van der Waals surface area contributed by atoms with Crippen molar-refractivity contribution in [2.45, 2.75) is 38.8 Å². The lowest BCUT2D eigenvalue weighted by Crippen LogP contribution is -3.08. The zero-order valence-electron chi connectivity index (χ0n) is 15.8. The third-order valence-electron chi connectivity index (χ3n) is 5.57. The van der Waals surface area contributed by atoms with Crippen molar-refractivity contribution < 1.29 is 9.69 Å².